The first-order valence-electron chi connectivity index (χ1n) is 7.22. The van der Waals surface area contributed by atoms with Gasteiger partial charge in [0.05, 0.1) is 6.04 Å². The summed E-state index contributed by atoms with van der Waals surface area (Å²) in [7, 11) is 0. The average Bonchev–Trinajstić information content (AvgIpc) is 3.08. The van der Waals surface area contributed by atoms with Crippen molar-refractivity contribution in [2.45, 2.75) is 38.8 Å². The van der Waals surface area contributed by atoms with Crippen molar-refractivity contribution in [3.8, 4) is 0 Å². The molecule has 1 aromatic rings. The van der Waals surface area contributed by atoms with Gasteiger partial charge in [-0.2, -0.15) is 0 Å². The van der Waals surface area contributed by atoms with Gasteiger partial charge in [-0.15, -0.1) is 0 Å². The highest BCUT2D eigenvalue weighted by Gasteiger charge is 2.53. The zero-order chi connectivity index (χ0) is 14.2. The minimum absolute atomic E-state index is 0.153. The minimum Gasteiger partial charge on any atom is -0.445 e. The number of hydrogen-bond acceptors (Lipinski definition) is 2. The Bertz CT molecular complexity index is 519. The van der Waals surface area contributed by atoms with Crippen LogP contribution in [0.4, 0.5) is 4.79 Å². The molecule has 3 nitrogen and oxygen atoms in total. The molecule has 1 aromatic carbocycles. The maximum Gasteiger partial charge on any atom is 0.410 e. The molecule has 20 heavy (non-hydrogen) atoms. The topological polar surface area (TPSA) is 29.5 Å². The molecule has 0 N–H and O–H groups in total. The van der Waals surface area contributed by atoms with E-state index < -0.39 is 0 Å². The second-order valence-electron chi connectivity index (χ2n) is 6.23. The van der Waals surface area contributed by atoms with Crippen LogP contribution in [0.2, 0.25) is 0 Å². The highest BCUT2D eigenvalue weighted by atomic mass is 16.6. The molecule has 3 rings (SSSR count). The van der Waals surface area contributed by atoms with E-state index in [1.165, 1.54) is 12.8 Å². The van der Waals surface area contributed by atoms with E-state index in [-0.39, 0.29) is 12.1 Å². The number of ether oxygens (including phenoxy) is 1. The summed E-state index contributed by atoms with van der Waals surface area (Å²) in [5, 5.41) is 0. The van der Waals surface area contributed by atoms with Gasteiger partial charge in [-0.25, -0.2) is 4.79 Å². The van der Waals surface area contributed by atoms with Crippen molar-refractivity contribution in [2.75, 3.05) is 6.54 Å². The number of rotatable bonds is 3. The number of hydrogen-bond donors (Lipinski definition) is 0. The van der Waals surface area contributed by atoms with Crippen LogP contribution in [0.1, 0.15) is 31.7 Å². The van der Waals surface area contributed by atoms with E-state index in [4.69, 9.17) is 4.74 Å². The van der Waals surface area contributed by atoms with Crippen LogP contribution in [0.15, 0.2) is 42.5 Å². The Balaban J connectivity index is 1.62. The van der Waals surface area contributed by atoms with Crippen LogP contribution in [-0.4, -0.2) is 23.6 Å². The van der Waals surface area contributed by atoms with Crippen molar-refractivity contribution in [3.05, 3.63) is 48.0 Å². The van der Waals surface area contributed by atoms with E-state index in [1.807, 2.05) is 42.2 Å². The number of benzene rings is 1. The zero-order valence-electron chi connectivity index (χ0n) is 12.0. The van der Waals surface area contributed by atoms with Crippen molar-refractivity contribution < 1.29 is 9.53 Å². The van der Waals surface area contributed by atoms with E-state index in [1.54, 1.807) is 0 Å². The molecule has 1 aliphatic heterocycles. The van der Waals surface area contributed by atoms with Crippen LogP contribution >= 0.6 is 0 Å². The lowest BCUT2D eigenvalue weighted by molar-refractivity contribution is 0.0950. The Labute approximate surface area is 120 Å². The largest absolute Gasteiger partial charge is 0.445 e. The third kappa shape index (κ3) is 2.58. The van der Waals surface area contributed by atoms with Crippen LogP contribution in [-0.2, 0) is 11.3 Å². The molecule has 106 valence electrons. The lowest BCUT2D eigenvalue weighted by atomic mass is 10.00. The van der Waals surface area contributed by atoms with Gasteiger partial charge in [0.25, 0.3) is 0 Å². The summed E-state index contributed by atoms with van der Waals surface area (Å²) in [6, 6.07) is 9.95. The van der Waals surface area contributed by atoms with Gasteiger partial charge < -0.3 is 9.64 Å². The molecule has 0 bridgehead atoms. The first kappa shape index (κ1) is 13.2. The normalized spacial score (nSPS) is 22.9. The van der Waals surface area contributed by atoms with Crippen molar-refractivity contribution in [3.63, 3.8) is 0 Å². The van der Waals surface area contributed by atoms with Gasteiger partial charge in [0.15, 0.2) is 0 Å². The molecule has 0 aromatic heterocycles. The average molecular weight is 271 g/mol. The van der Waals surface area contributed by atoms with Crippen LogP contribution in [0.25, 0.3) is 0 Å². The standard InChI is InChI=1S/C17H21NO2/c1-13(2)15-10-17(8-9-17)12-18(15)16(19)20-11-14-6-4-3-5-7-14/h3-7,15H,1,8-12H2,2H3. The SMILES string of the molecule is C=C(C)C1CC2(CC2)CN1C(=O)OCc1ccccc1. The summed E-state index contributed by atoms with van der Waals surface area (Å²) in [6.07, 6.45) is 3.33. The molecule has 1 saturated carbocycles. The van der Waals surface area contributed by atoms with Gasteiger partial charge in [-0.05, 0) is 37.2 Å². The highest BCUT2D eigenvalue weighted by molar-refractivity contribution is 5.69. The molecule has 2 aliphatic rings. The number of carbonyl (C=O) groups excluding carboxylic acids is 1. The van der Waals surface area contributed by atoms with Gasteiger partial charge in [0.1, 0.15) is 6.61 Å². The van der Waals surface area contributed by atoms with Gasteiger partial charge >= 0.3 is 6.09 Å². The van der Waals surface area contributed by atoms with E-state index in [2.05, 4.69) is 6.58 Å². The number of nitrogens with zero attached hydrogens (tertiary/aromatic N) is 1. The van der Waals surface area contributed by atoms with Crippen molar-refractivity contribution >= 4 is 6.09 Å². The fourth-order valence-corrected chi connectivity index (χ4v) is 3.03. The van der Waals surface area contributed by atoms with Crippen LogP contribution < -0.4 is 0 Å². The van der Waals surface area contributed by atoms with Crippen LogP contribution in [0, 0.1) is 5.41 Å². The Morgan fingerprint density at radius 1 is 1.40 bits per heavy atom. The molecule has 1 saturated heterocycles. The molecule has 3 heteroatoms. The van der Waals surface area contributed by atoms with E-state index in [0.29, 0.717) is 12.0 Å². The van der Waals surface area contributed by atoms with Crippen molar-refractivity contribution in [1.29, 1.82) is 0 Å². The summed E-state index contributed by atoms with van der Waals surface area (Å²) in [6.45, 7) is 7.21. The summed E-state index contributed by atoms with van der Waals surface area (Å²) in [4.78, 5) is 14.2. The molecule has 2 fully saturated rings. The van der Waals surface area contributed by atoms with Gasteiger partial charge in [-0.3, -0.25) is 0 Å². The smallest absolute Gasteiger partial charge is 0.410 e. The van der Waals surface area contributed by atoms with Crippen LogP contribution in [0.5, 0.6) is 0 Å². The lowest BCUT2D eigenvalue weighted by Crippen LogP contribution is -2.36. The Kier molecular flexibility index (Phi) is 3.28. The highest BCUT2D eigenvalue weighted by Crippen LogP contribution is 2.55. The molecule has 1 spiro atoms. The van der Waals surface area contributed by atoms with E-state index >= 15 is 0 Å². The molecular weight excluding hydrogens is 250 g/mol. The Morgan fingerprint density at radius 2 is 2.10 bits per heavy atom. The second-order valence-corrected chi connectivity index (χ2v) is 6.23. The zero-order valence-corrected chi connectivity index (χ0v) is 12.0. The molecule has 1 aliphatic carbocycles. The molecule has 1 unspecified atom stereocenters. The summed E-state index contributed by atoms with van der Waals surface area (Å²) < 4.78 is 5.46. The third-order valence-electron chi connectivity index (χ3n) is 4.47. The fraction of sp³-hybridized carbons (Fsp3) is 0.471. The van der Waals surface area contributed by atoms with E-state index in [9.17, 15) is 4.79 Å². The first-order chi connectivity index (χ1) is 9.60. The van der Waals surface area contributed by atoms with Crippen LogP contribution in [0.3, 0.4) is 0 Å². The fourth-order valence-electron chi connectivity index (χ4n) is 3.03. The first-order valence-corrected chi connectivity index (χ1v) is 7.22. The molecule has 1 heterocycles. The quantitative estimate of drug-likeness (QED) is 0.783. The van der Waals surface area contributed by atoms with Gasteiger partial charge in [0.2, 0.25) is 0 Å². The maximum absolute atomic E-state index is 12.3. The molecule has 1 amide bonds. The van der Waals surface area contributed by atoms with Gasteiger partial charge in [0, 0.05) is 6.54 Å². The Morgan fingerprint density at radius 3 is 2.70 bits per heavy atom. The third-order valence-corrected chi connectivity index (χ3v) is 4.47. The van der Waals surface area contributed by atoms with E-state index in [0.717, 1.165) is 24.1 Å². The number of likely N-dealkylation sites (tertiary alicyclic amines) is 1. The lowest BCUT2D eigenvalue weighted by Gasteiger charge is -2.24. The monoisotopic (exact) mass is 271 g/mol. The maximum atomic E-state index is 12.3. The summed E-state index contributed by atoms with van der Waals surface area (Å²) in [5.74, 6) is 0. The summed E-state index contributed by atoms with van der Waals surface area (Å²) >= 11 is 0. The molecule has 0 radical (unpaired) electrons. The predicted octanol–water partition coefficient (Wildman–Crippen LogP) is 3.75. The van der Waals surface area contributed by atoms with Gasteiger partial charge in [-0.1, -0.05) is 42.5 Å². The van der Waals surface area contributed by atoms with Crippen molar-refractivity contribution in [2.24, 2.45) is 5.41 Å². The van der Waals surface area contributed by atoms with Crippen molar-refractivity contribution in [1.82, 2.24) is 4.90 Å². The molecular formula is C17H21NO2. The number of carbonyl (C=O) groups is 1. The summed E-state index contributed by atoms with van der Waals surface area (Å²) in [5.41, 5.74) is 2.45. The minimum atomic E-state index is -0.203. The Hall–Kier alpha value is -1.77. The molecule has 1 atom stereocenters. The second kappa shape index (κ2) is 4.97. The predicted molar refractivity (Wildman–Crippen MR) is 78.2 cm³/mol. The number of amides is 1.